The zero-order valence-electron chi connectivity index (χ0n) is 16.4. The Kier molecular flexibility index (Phi) is 4.63. The minimum absolute atomic E-state index is 0.372. The smallest absolute Gasteiger partial charge is 0.159 e. The van der Waals surface area contributed by atoms with E-state index in [1.165, 1.54) is 12.1 Å². The lowest BCUT2D eigenvalue weighted by Crippen LogP contribution is -2.49. The fraction of sp³-hybridized carbons (Fsp3) is 0.227. The highest BCUT2D eigenvalue weighted by Crippen LogP contribution is 2.33. The van der Waals surface area contributed by atoms with Crippen LogP contribution in [0.5, 0.6) is 0 Å². The quantitative estimate of drug-likeness (QED) is 0.564. The van der Waals surface area contributed by atoms with E-state index in [9.17, 15) is 8.78 Å². The highest BCUT2D eigenvalue weighted by atomic mass is 19.2. The fourth-order valence-electron chi connectivity index (χ4n) is 3.85. The van der Waals surface area contributed by atoms with Crippen molar-refractivity contribution in [3.63, 3.8) is 0 Å². The lowest BCUT2D eigenvalue weighted by molar-refractivity contribution is 0.481. The van der Waals surface area contributed by atoms with Crippen molar-refractivity contribution in [2.24, 2.45) is 0 Å². The Bertz CT molecular complexity index is 1210. The summed E-state index contributed by atoms with van der Waals surface area (Å²) in [4.78, 5) is 11.0. The first kappa shape index (κ1) is 18.6. The summed E-state index contributed by atoms with van der Waals surface area (Å²) < 4.78 is 29.2. The summed E-state index contributed by atoms with van der Waals surface area (Å²) >= 11 is 0. The molecule has 1 N–H and O–H groups in total. The van der Waals surface area contributed by atoms with Crippen molar-refractivity contribution in [3.8, 4) is 22.5 Å². The van der Waals surface area contributed by atoms with Crippen LogP contribution in [0.25, 0.3) is 28.2 Å². The van der Waals surface area contributed by atoms with Gasteiger partial charge in [-0.3, -0.25) is 4.98 Å². The predicted octanol–water partition coefficient (Wildman–Crippen LogP) is 3.53. The Balaban J connectivity index is 1.71. The summed E-state index contributed by atoms with van der Waals surface area (Å²) in [5.41, 5.74) is 3.22. The van der Waals surface area contributed by atoms with Gasteiger partial charge < -0.3 is 10.2 Å². The van der Waals surface area contributed by atoms with Gasteiger partial charge in [-0.2, -0.15) is 0 Å². The number of pyridine rings is 1. The molecule has 5 rings (SSSR count). The van der Waals surface area contributed by atoms with Gasteiger partial charge >= 0.3 is 0 Å². The first-order chi connectivity index (χ1) is 14.6. The number of hydrogen-bond acceptors (Lipinski definition) is 5. The van der Waals surface area contributed by atoms with Crippen molar-refractivity contribution in [1.29, 1.82) is 0 Å². The first-order valence-electron chi connectivity index (χ1n) is 9.84. The molecule has 1 aromatic carbocycles. The predicted molar refractivity (Wildman–Crippen MR) is 111 cm³/mol. The molecule has 30 heavy (non-hydrogen) atoms. The highest BCUT2D eigenvalue weighted by Gasteiger charge is 2.21. The lowest BCUT2D eigenvalue weighted by Gasteiger charge is -2.32. The molecule has 1 aliphatic rings. The van der Waals surface area contributed by atoms with Gasteiger partial charge in [0.15, 0.2) is 17.3 Å². The Morgan fingerprint density at radius 1 is 1.00 bits per heavy atom. The molecular weight excluding hydrogens is 386 g/mol. The van der Waals surface area contributed by atoms with Crippen LogP contribution in [0.2, 0.25) is 0 Å². The van der Waals surface area contributed by atoms with Gasteiger partial charge in [-0.15, -0.1) is 5.10 Å². The monoisotopic (exact) mass is 406 g/mol. The van der Waals surface area contributed by atoms with Gasteiger partial charge in [0.2, 0.25) is 0 Å². The number of nitrogens with one attached hydrogen (secondary N) is 1. The average molecular weight is 406 g/mol. The molecule has 152 valence electrons. The standard InChI is InChI=1S/C22H20F2N6/c1-14-13-29(11-10-26-14)20-5-4-19-27-21(16-2-3-17(23)18(24)12-16)22(30(19)28-20)15-6-8-25-9-7-15/h2-9,12,14,26H,10-11,13H2,1H3. The van der Waals surface area contributed by atoms with E-state index in [0.29, 0.717) is 28.6 Å². The largest absolute Gasteiger partial charge is 0.352 e. The number of imidazole rings is 1. The molecule has 0 spiro atoms. The molecule has 3 aromatic heterocycles. The van der Waals surface area contributed by atoms with Crippen LogP contribution in [0.3, 0.4) is 0 Å². The third-order valence-corrected chi connectivity index (χ3v) is 5.30. The van der Waals surface area contributed by atoms with Gasteiger partial charge in [0, 0.05) is 49.2 Å². The minimum Gasteiger partial charge on any atom is -0.352 e. The van der Waals surface area contributed by atoms with Crippen LogP contribution >= 0.6 is 0 Å². The van der Waals surface area contributed by atoms with Crippen LogP contribution in [-0.4, -0.2) is 45.3 Å². The lowest BCUT2D eigenvalue weighted by atomic mass is 10.1. The van der Waals surface area contributed by atoms with Crippen LogP contribution in [0.1, 0.15) is 6.92 Å². The van der Waals surface area contributed by atoms with E-state index in [1.54, 1.807) is 16.9 Å². The van der Waals surface area contributed by atoms with E-state index >= 15 is 0 Å². The van der Waals surface area contributed by atoms with Crippen LogP contribution in [0, 0.1) is 11.6 Å². The van der Waals surface area contributed by atoms with Gasteiger partial charge in [0.1, 0.15) is 11.5 Å². The number of anilines is 1. The average Bonchev–Trinajstić information content (AvgIpc) is 3.15. The number of fused-ring (bicyclic) bond motifs is 1. The van der Waals surface area contributed by atoms with Gasteiger partial charge in [-0.25, -0.2) is 18.3 Å². The number of rotatable bonds is 3. The summed E-state index contributed by atoms with van der Waals surface area (Å²) in [6, 6.07) is 11.8. The van der Waals surface area contributed by atoms with Gasteiger partial charge in [-0.1, -0.05) is 0 Å². The number of piperazine rings is 1. The van der Waals surface area contributed by atoms with Crippen molar-refractivity contribution in [2.45, 2.75) is 13.0 Å². The molecule has 4 heterocycles. The zero-order chi connectivity index (χ0) is 20.7. The number of benzene rings is 1. The number of nitrogens with zero attached hydrogens (tertiary/aromatic N) is 5. The Hall–Kier alpha value is -3.39. The zero-order valence-corrected chi connectivity index (χ0v) is 16.4. The Labute approximate surface area is 172 Å². The molecule has 0 aliphatic carbocycles. The fourth-order valence-corrected chi connectivity index (χ4v) is 3.85. The number of hydrogen-bond donors (Lipinski definition) is 1. The summed E-state index contributed by atoms with van der Waals surface area (Å²) in [7, 11) is 0. The van der Waals surface area contributed by atoms with Crippen LogP contribution in [0.4, 0.5) is 14.6 Å². The van der Waals surface area contributed by atoms with Crippen molar-refractivity contribution in [1.82, 2.24) is 24.9 Å². The van der Waals surface area contributed by atoms with E-state index in [-0.39, 0.29) is 0 Å². The molecule has 1 atom stereocenters. The van der Waals surface area contributed by atoms with E-state index in [2.05, 4.69) is 22.1 Å². The van der Waals surface area contributed by atoms with Gasteiger partial charge in [0.25, 0.3) is 0 Å². The van der Waals surface area contributed by atoms with Crippen molar-refractivity contribution in [3.05, 3.63) is 66.5 Å². The molecule has 1 fully saturated rings. The van der Waals surface area contributed by atoms with Crippen LogP contribution in [0.15, 0.2) is 54.9 Å². The molecule has 0 bridgehead atoms. The SMILES string of the molecule is CC1CN(c2ccc3nc(-c4ccc(F)c(F)c4)c(-c4ccncc4)n3n2)CCN1. The number of halogens is 2. The third kappa shape index (κ3) is 3.29. The van der Waals surface area contributed by atoms with E-state index in [1.807, 2.05) is 24.3 Å². The van der Waals surface area contributed by atoms with Crippen molar-refractivity contribution >= 4 is 11.5 Å². The van der Waals surface area contributed by atoms with E-state index < -0.39 is 11.6 Å². The molecule has 4 aromatic rings. The summed E-state index contributed by atoms with van der Waals surface area (Å²) in [5.74, 6) is -0.949. The van der Waals surface area contributed by atoms with Gasteiger partial charge in [0.05, 0.1) is 5.69 Å². The molecule has 0 amide bonds. The van der Waals surface area contributed by atoms with Crippen molar-refractivity contribution < 1.29 is 8.78 Å². The second-order valence-electron chi connectivity index (χ2n) is 7.44. The summed E-state index contributed by atoms with van der Waals surface area (Å²) in [6.45, 7) is 4.75. The maximum Gasteiger partial charge on any atom is 0.159 e. The second kappa shape index (κ2) is 7.46. The topological polar surface area (TPSA) is 58.4 Å². The van der Waals surface area contributed by atoms with E-state index in [0.717, 1.165) is 37.1 Å². The first-order valence-corrected chi connectivity index (χ1v) is 9.84. The molecular formula is C22H20F2N6. The van der Waals surface area contributed by atoms with Crippen LogP contribution in [-0.2, 0) is 0 Å². The third-order valence-electron chi connectivity index (χ3n) is 5.30. The van der Waals surface area contributed by atoms with Crippen molar-refractivity contribution in [2.75, 3.05) is 24.5 Å². The highest BCUT2D eigenvalue weighted by molar-refractivity contribution is 5.81. The van der Waals surface area contributed by atoms with Crippen LogP contribution < -0.4 is 10.2 Å². The molecule has 6 nitrogen and oxygen atoms in total. The normalized spacial score (nSPS) is 16.9. The van der Waals surface area contributed by atoms with E-state index in [4.69, 9.17) is 10.1 Å². The molecule has 0 radical (unpaired) electrons. The number of aromatic nitrogens is 4. The molecule has 0 saturated carbocycles. The van der Waals surface area contributed by atoms with Gasteiger partial charge in [-0.05, 0) is 49.4 Å². The second-order valence-corrected chi connectivity index (χ2v) is 7.44. The minimum atomic E-state index is -0.909. The Morgan fingerprint density at radius 3 is 2.60 bits per heavy atom. The molecule has 1 aliphatic heterocycles. The summed E-state index contributed by atoms with van der Waals surface area (Å²) in [6.07, 6.45) is 3.37. The maximum absolute atomic E-state index is 14.0. The maximum atomic E-state index is 14.0. The molecule has 1 saturated heterocycles. The molecule has 8 heteroatoms. The molecule has 1 unspecified atom stereocenters. The summed E-state index contributed by atoms with van der Waals surface area (Å²) in [5, 5.41) is 8.29. The Morgan fingerprint density at radius 2 is 1.83 bits per heavy atom.